The van der Waals surface area contributed by atoms with E-state index in [1.54, 1.807) is 0 Å². The molecular weight excluding hydrogens is 228 g/mol. The molecule has 3 heteroatoms. The van der Waals surface area contributed by atoms with Crippen LogP contribution in [0.5, 0.6) is 0 Å². The first-order valence-corrected chi connectivity index (χ1v) is 8.59. The number of hydrogen-bond donors (Lipinski definition) is 1. The first-order chi connectivity index (χ1) is 8.24. The van der Waals surface area contributed by atoms with Gasteiger partial charge in [-0.2, -0.15) is 11.8 Å². The number of rotatable bonds is 8. The maximum atomic E-state index is 3.72. The van der Waals surface area contributed by atoms with Crippen molar-refractivity contribution in [1.29, 1.82) is 0 Å². The summed E-state index contributed by atoms with van der Waals surface area (Å²) in [5, 5.41) is 3.72. The van der Waals surface area contributed by atoms with E-state index in [1.807, 2.05) is 11.8 Å². The van der Waals surface area contributed by atoms with Crippen LogP contribution >= 0.6 is 11.8 Å². The van der Waals surface area contributed by atoms with Gasteiger partial charge in [0.05, 0.1) is 0 Å². The van der Waals surface area contributed by atoms with Crippen molar-refractivity contribution in [3.63, 3.8) is 0 Å². The number of likely N-dealkylation sites (tertiary alicyclic amines) is 1. The minimum absolute atomic E-state index is 0.725. The molecule has 2 nitrogen and oxygen atoms in total. The summed E-state index contributed by atoms with van der Waals surface area (Å²) < 4.78 is 0. The molecule has 1 fully saturated rings. The first-order valence-electron chi connectivity index (χ1n) is 7.20. The maximum Gasteiger partial charge on any atom is 0.00914 e. The minimum atomic E-state index is 0.725. The molecule has 17 heavy (non-hydrogen) atoms. The number of nitrogens with zero attached hydrogens (tertiary/aromatic N) is 1. The van der Waals surface area contributed by atoms with Gasteiger partial charge in [0.25, 0.3) is 0 Å². The quantitative estimate of drug-likeness (QED) is 0.674. The number of thioether (sulfide) groups is 1. The highest BCUT2D eigenvalue weighted by Crippen LogP contribution is 2.13. The molecular formula is C14H30N2S. The van der Waals surface area contributed by atoms with Crippen LogP contribution in [0.2, 0.25) is 0 Å². The Kier molecular flexibility index (Phi) is 8.33. The highest BCUT2D eigenvalue weighted by Gasteiger charge is 2.19. The number of hydrogen-bond acceptors (Lipinski definition) is 3. The van der Waals surface area contributed by atoms with Crippen LogP contribution < -0.4 is 5.32 Å². The Balaban J connectivity index is 1.95. The molecule has 0 aliphatic carbocycles. The predicted molar refractivity (Wildman–Crippen MR) is 80.0 cm³/mol. The van der Waals surface area contributed by atoms with Crippen molar-refractivity contribution in [3.8, 4) is 0 Å². The van der Waals surface area contributed by atoms with E-state index in [4.69, 9.17) is 0 Å². The molecule has 0 atom stereocenters. The molecule has 1 saturated heterocycles. The van der Waals surface area contributed by atoms with Gasteiger partial charge >= 0.3 is 0 Å². The third-order valence-corrected chi connectivity index (χ3v) is 4.42. The smallest absolute Gasteiger partial charge is 0.00914 e. The number of nitrogens with one attached hydrogen (secondary N) is 1. The lowest BCUT2D eigenvalue weighted by Crippen LogP contribution is -2.45. The Morgan fingerprint density at radius 2 is 1.88 bits per heavy atom. The molecule has 1 N–H and O–H groups in total. The largest absolute Gasteiger partial charge is 0.314 e. The lowest BCUT2D eigenvalue weighted by molar-refractivity contribution is 0.161. The lowest BCUT2D eigenvalue weighted by atomic mass is 10.0. The molecule has 0 amide bonds. The zero-order chi connectivity index (χ0) is 12.5. The average molecular weight is 258 g/mol. The molecule has 1 heterocycles. The van der Waals surface area contributed by atoms with Crippen LogP contribution in [-0.4, -0.2) is 48.6 Å². The van der Waals surface area contributed by atoms with Gasteiger partial charge in [0.1, 0.15) is 0 Å². The van der Waals surface area contributed by atoms with Crippen molar-refractivity contribution in [2.24, 2.45) is 0 Å². The SMILES string of the molecule is CSCCCCCNC1CCN(C(C)C)CC1. The van der Waals surface area contributed by atoms with Gasteiger partial charge in [-0.05, 0) is 71.2 Å². The first kappa shape index (κ1) is 15.3. The lowest BCUT2D eigenvalue weighted by Gasteiger charge is -2.35. The van der Waals surface area contributed by atoms with Gasteiger partial charge in [-0.15, -0.1) is 0 Å². The molecule has 0 aromatic carbocycles. The van der Waals surface area contributed by atoms with E-state index in [-0.39, 0.29) is 0 Å². The van der Waals surface area contributed by atoms with E-state index in [0.717, 1.165) is 12.1 Å². The van der Waals surface area contributed by atoms with Crippen LogP contribution in [-0.2, 0) is 0 Å². The van der Waals surface area contributed by atoms with Gasteiger partial charge in [0.2, 0.25) is 0 Å². The topological polar surface area (TPSA) is 15.3 Å². The summed E-state index contributed by atoms with van der Waals surface area (Å²) in [6.07, 6.45) is 8.99. The summed E-state index contributed by atoms with van der Waals surface area (Å²) in [6, 6.07) is 1.51. The van der Waals surface area contributed by atoms with Crippen LogP contribution in [0.3, 0.4) is 0 Å². The van der Waals surface area contributed by atoms with Crippen LogP contribution in [0.1, 0.15) is 46.0 Å². The monoisotopic (exact) mass is 258 g/mol. The fraction of sp³-hybridized carbons (Fsp3) is 1.00. The van der Waals surface area contributed by atoms with E-state index in [1.165, 1.54) is 57.5 Å². The Hall–Kier alpha value is 0.270. The van der Waals surface area contributed by atoms with E-state index < -0.39 is 0 Å². The fourth-order valence-electron chi connectivity index (χ4n) is 2.47. The number of piperidine rings is 1. The summed E-state index contributed by atoms with van der Waals surface area (Å²) in [4.78, 5) is 2.59. The van der Waals surface area contributed by atoms with E-state index in [0.29, 0.717) is 0 Å². The molecule has 0 saturated carbocycles. The molecule has 0 unspecified atom stereocenters. The Morgan fingerprint density at radius 1 is 1.18 bits per heavy atom. The van der Waals surface area contributed by atoms with Crippen molar-refractivity contribution >= 4 is 11.8 Å². The van der Waals surface area contributed by atoms with Gasteiger partial charge in [-0.3, -0.25) is 0 Å². The molecule has 1 rings (SSSR count). The summed E-state index contributed by atoms with van der Waals surface area (Å²) in [5.74, 6) is 1.33. The molecule has 102 valence electrons. The van der Waals surface area contributed by atoms with Gasteiger partial charge in [-0.25, -0.2) is 0 Å². The summed E-state index contributed by atoms with van der Waals surface area (Å²) in [6.45, 7) is 8.39. The molecule has 0 bridgehead atoms. The minimum Gasteiger partial charge on any atom is -0.314 e. The predicted octanol–water partition coefficient (Wildman–Crippen LogP) is 2.98. The van der Waals surface area contributed by atoms with E-state index >= 15 is 0 Å². The third kappa shape index (κ3) is 6.68. The van der Waals surface area contributed by atoms with Crippen LogP contribution in [0.4, 0.5) is 0 Å². The normalized spacial score (nSPS) is 19.1. The van der Waals surface area contributed by atoms with Crippen LogP contribution in [0.15, 0.2) is 0 Å². The Labute approximate surface area is 112 Å². The summed E-state index contributed by atoms with van der Waals surface area (Å²) in [7, 11) is 0. The van der Waals surface area contributed by atoms with E-state index in [9.17, 15) is 0 Å². The molecule has 1 aliphatic heterocycles. The third-order valence-electron chi connectivity index (χ3n) is 3.72. The molecule has 1 aliphatic rings. The fourth-order valence-corrected chi connectivity index (χ4v) is 2.97. The van der Waals surface area contributed by atoms with Crippen molar-refractivity contribution in [2.45, 2.75) is 58.0 Å². The van der Waals surface area contributed by atoms with Crippen LogP contribution in [0, 0.1) is 0 Å². The molecule has 0 aromatic rings. The zero-order valence-electron chi connectivity index (χ0n) is 11.9. The highest BCUT2D eigenvalue weighted by molar-refractivity contribution is 7.98. The zero-order valence-corrected chi connectivity index (χ0v) is 12.7. The molecule has 0 spiro atoms. The van der Waals surface area contributed by atoms with Gasteiger partial charge in [0, 0.05) is 12.1 Å². The van der Waals surface area contributed by atoms with Crippen molar-refractivity contribution in [3.05, 3.63) is 0 Å². The second-order valence-electron chi connectivity index (χ2n) is 5.41. The van der Waals surface area contributed by atoms with E-state index in [2.05, 4.69) is 30.3 Å². The second-order valence-corrected chi connectivity index (χ2v) is 6.40. The Bertz CT molecular complexity index is 177. The van der Waals surface area contributed by atoms with Gasteiger partial charge < -0.3 is 10.2 Å². The van der Waals surface area contributed by atoms with Crippen molar-refractivity contribution in [2.75, 3.05) is 31.6 Å². The van der Waals surface area contributed by atoms with Crippen LogP contribution in [0.25, 0.3) is 0 Å². The average Bonchev–Trinajstić information content (AvgIpc) is 2.34. The van der Waals surface area contributed by atoms with Crippen molar-refractivity contribution < 1.29 is 0 Å². The molecule has 0 radical (unpaired) electrons. The number of unbranched alkanes of at least 4 members (excludes halogenated alkanes) is 2. The second kappa shape index (κ2) is 9.23. The summed E-state index contributed by atoms with van der Waals surface area (Å²) in [5.41, 5.74) is 0. The summed E-state index contributed by atoms with van der Waals surface area (Å²) >= 11 is 1.96. The maximum absolute atomic E-state index is 3.72. The Morgan fingerprint density at radius 3 is 2.47 bits per heavy atom. The van der Waals surface area contributed by atoms with Crippen molar-refractivity contribution in [1.82, 2.24) is 10.2 Å². The highest BCUT2D eigenvalue weighted by atomic mass is 32.2. The standard InChI is InChI=1S/C14H30N2S/c1-13(2)16-10-7-14(8-11-16)15-9-5-4-6-12-17-3/h13-15H,4-12H2,1-3H3. The van der Waals surface area contributed by atoms with Gasteiger partial charge in [-0.1, -0.05) is 6.42 Å². The molecule has 0 aromatic heterocycles. The van der Waals surface area contributed by atoms with Gasteiger partial charge in [0.15, 0.2) is 0 Å².